The van der Waals surface area contributed by atoms with Crippen LogP contribution in [-0.2, 0) is 14.8 Å². The van der Waals surface area contributed by atoms with E-state index in [2.05, 4.69) is 15.4 Å². The molecule has 2 aromatic rings. The van der Waals surface area contributed by atoms with E-state index in [0.29, 0.717) is 17.9 Å². The summed E-state index contributed by atoms with van der Waals surface area (Å²) in [6, 6.07) is 15.0. The van der Waals surface area contributed by atoms with E-state index < -0.39 is 10.0 Å². The molecule has 3 N–H and O–H groups in total. The van der Waals surface area contributed by atoms with Crippen LogP contribution in [0, 0.1) is 5.92 Å². The lowest BCUT2D eigenvalue weighted by Crippen LogP contribution is -2.37. The number of benzene rings is 2. The molecular weight excluding hydrogens is 374 g/mol. The van der Waals surface area contributed by atoms with E-state index in [9.17, 15) is 13.2 Å². The highest BCUT2D eigenvalue weighted by Gasteiger charge is 2.21. The number of para-hydroxylation sites is 1. The number of nitrogens with one attached hydrogen (secondary N) is 3. The molecule has 8 heteroatoms. The monoisotopic (exact) mass is 395 g/mol. The molecule has 0 saturated carbocycles. The van der Waals surface area contributed by atoms with Crippen LogP contribution in [0.25, 0.3) is 0 Å². The zero-order valence-corrected chi connectivity index (χ0v) is 15.8. The smallest absolute Gasteiger partial charge is 0.261 e. The van der Waals surface area contributed by atoms with E-state index >= 15 is 0 Å². The van der Waals surface area contributed by atoms with Crippen LogP contribution < -0.4 is 15.4 Å². The summed E-state index contributed by atoms with van der Waals surface area (Å²) in [5.41, 5.74) is 0.969. The van der Waals surface area contributed by atoms with Gasteiger partial charge in [0.05, 0.1) is 10.8 Å². The van der Waals surface area contributed by atoms with Gasteiger partial charge in [0, 0.05) is 17.9 Å². The Labute approximate surface area is 159 Å². The third-order valence-corrected chi connectivity index (χ3v) is 5.48. The summed E-state index contributed by atoms with van der Waals surface area (Å²) in [5.74, 6) is -0.172. The van der Waals surface area contributed by atoms with E-state index in [1.807, 2.05) is 6.07 Å². The number of rotatable bonds is 5. The number of halogens is 1. The van der Waals surface area contributed by atoms with Crippen LogP contribution in [0.3, 0.4) is 0 Å². The summed E-state index contributed by atoms with van der Waals surface area (Å²) in [7, 11) is -3.71. The summed E-state index contributed by atoms with van der Waals surface area (Å²) >= 11 is 0. The predicted molar refractivity (Wildman–Crippen MR) is 105 cm³/mol. The van der Waals surface area contributed by atoms with E-state index in [1.54, 1.807) is 36.4 Å². The summed E-state index contributed by atoms with van der Waals surface area (Å²) in [5, 5.41) is 6.01. The minimum Gasteiger partial charge on any atom is -0.326 e. The number of carbonyl (C=O) groups is 1. The van der Waals surface area contributed by atoms with Gasteiger partial charge in [0.25, 0.3) is 10.0 Å². The van der Waals surface area contributed by atoms with Crippen molar-refractivity contribution in [1.29, 1.82) is 0 Å². The van der Waals surface area contributed by atoms with Crippen molar-refractivity contribution in [3.8, 4) is 0 Å². The SMILES string of the molecule is Cl.O=C(Nc1cccc(S(=O)(=O)Nc2ccccc2)c1)C1CCCNC1. The van der Waals surface area contributed by atoms with E-state index in [4.69, 9.17) is 0 Å². The maximum absolute atomic E-state index is 12.5. The number of carbonyl (C=O) groups excluding carboxylic acids is 1. The highest BCUT2D eigenvalue weighted by Crippen LogP contribution is 2.20. The zero-order valence-electron chi connectivity index (χ0n) is 14.1. The molecule has 0 radical (unpaired) electrons. The number of piperidine rings is 1. The Balaban J connectivity index is 0.00000243. The van der Waals surface area contributed by atoms with Gasteiger partial charge in [-0.3, -0.25) is 9.52 Å². The molecule has 0 bridgehead atoms. The maximum atomic E-state index is 12.5. The summed E-state index contributed by atoms with van der Waals surface area (Å²) in [4.78, 5) is 12.4. The minimum atomic E-state index is -3.71. The molecule has 1 heterocycles. The number of sulfonamides is 1. The van der Waals surface area contributed by atoms with Crippen molar-refractivity contribution in [3.05, 3.63) is 54.6 Å². The van der Waals surface area contributed by atoms with E-state index in [0.717, 1.165) is 19.4 Å². The van der Waals surface area contributed by atoms with Gasteiger partial charge < -0.3 is 10.6 Å². The van der Waals surface area contributed by atoms with Gasteiger partial charge in [-0.25, -0.2) is 8.42 Å². The summed E-state index contributed by atoms with van der Waals surface area (Å²) in [6.07, 6.45) is 1.81. The zero-order chi connectivity index (χ0) is 17.7. The van der Waals surface area contributed by atoms with Crippen molar-refractivity contribution in [1.82, 2.24) is 5.32 Å². The Kier molecular flexibility index (Phi) is 7.02. The molecule has 26 heavy (non-hydrogen) atoms. The second-order valence-electron chi connectivity index (χ2n) is 6.03. The lowest BCUT2D eigenvalue weighted by molar-refractivity contribution is -0.120. The average molecular weight is 396 g/mol. The average Bonchev–Trinajstić information content (AvgIpc) is 2.63. The minimum absolute atomic E-state index is 0. The molecule has 0 aromatic heterocycles. The third kappa shape index (κ3) is 5.20. The molecule has 0 spiro atoms. The van der Waals surface area contributed by atoms with Crippen molar-refractivity contribution in [2.75, 3.05) is 23.1 Å². The molecule has 0 aliphatic carbocycles. The Hall–Kier alpha value is -2.09. The molecular formula is C18H22ClN3O3S. The highest BCUT2D eigenvalue weighted by molar-refractivity contribution is 7.92. The molecule has 6 nitrogen and oxygen atoms in total. The van der Waals surface area contributed by atoms with Crippen LogP contribution in [0.15, 0.2) is 59.5 Å². The third-order valence-electron chi connectivity index (χ3n) is 4.11. The van der Waals surface area contributed by atoms with Gasteiger partial charge in [-0.1, -0.05) is 24.3 Å². The van der Waals surface area contributed by atoms with Gasteiger partial charge in [-0.2, -0.15) is 0 Å². The fraction of sp³-hybridized carbons (Fsp3) is 0.278. The molecule has 3 rings (SSSR count). The molecule has 2 aromatic carbocycles. The van der Waals surface area contributed by atoms with Crippen molar-refractivity contribution < 1.29 is 13.2 Å². The van der Waals surface area contributed by atoms with Gasteiger partial charge in [0.2, 0.25) is 5.91 Å². The number of hydrogen-bond donors (Lipinski definition) is 3. The fourth-order valence-electron chi connectivity index (χ4n) is 2.78. The molecule has 1 aliphatic heterocycles. The predicted octanol–water partition coefficient (Wildman–Crippen LogP) is 2.85. The Morgan fingerprint density at radius 3 is 2.46 bits per heavy atom. The lowest BCUT2D eigenvalue weighted by Gasteiger charge is -2.22. The van der Waals surface area contributed by atoms with Gasteiger partial charge in [-0.15, -0.1) is 12.4 Å². The van der Waals surface area contributed by atoms with Crippen LogP contribution in [0.1, 0.15) is 12.8 Å². The number of hydrogen-bond acceptors (Lipinski definition) is 4. The maximum Gasteiger partial charge on any atom is 0.261 e. The van der Waals surface area contributed by atoms with Crippen LogP contribution in [0.2, 0.25) is 0 Å². The normalized spacial score (nSPS) is 17.0. The van der Waals surface area contributed by atoms with Crippen molar-refractivity contribution in [2.24, 2.45) is 5.92 Å². The molecule has 140 valence electrons. The lowest BCUT2D eigenvalue weighted by atomic mass is 9.99. The van der Waals surface area contributed by atoms with Gasteiger partial charge in [0.15, 0.2) is 0 Å². The molecule has 1 unspecified atom stereocenters. The van der Waals surface area contributed by atoms with Crippen LogP contribution in [0.5, 0.6) is 0 Å². The van der Waals surface area contributed by atoms with Crippen LogP contribution in [0.4, 0.5) is 11.4 Å². The first kappa shape index (κ1) is 20.2. The Bertz CT molecular complexity index is 838. The van der Waals surface area contributed by atoms with Gasteiger partial charge in [-0.05, 0) is 49.7 Å². The first-order valence-corrected chi connectivity index (χ1v) is 9.72. The Morgan fingerprint density at radius 2 is 1.77 bits per heavy atom. The van der Waals surface area contributed by atoms with Crippen molar-refractivity contribution in [3.63, 3.8) is 0 Å². The largest absolute Gasteiger partial charge is 0.326 e. The van der Waals surface area contributed by atoms with Gasteiger partial charge >= 0.3 is 0 Å². The fourth-order valence-corrected chi connectivity index (χ4v) is 3.89. The number of anilines is 2. The Morgan fingerprint density at radius 1 is 1.04 bits per heavy atom. The first-order chi connectivity index (χ1) is 12.0. The highest BCUT2D eigenvalue weighted by atomic mass is 35.5. The number of amides is 1. The molecule has 1 atom stereocenters. The molecule has 1 saturated heterocycles. The molecule has 1 amide bonds. The van der Waals surface area contributed by atoms with Crippen LogP contribution in [-0.4, -0.2) is 27.4 Å². The van der Waals surface area contributed by atoms with Crippen molar-refractivity contribution >= 4 is 39.7 Å². The van der Waals surface area contributed by atoms with E-state index in [1.165, 1.54) is 12.1 Å². The van der Waals surface area contributed by atoms with E-state index in [-0.39, 0.29) is 29.1 Å². The molecule has 1 fully saturated rings. The second kappa shape index (κ2) is 9.02. The standard InChI is InChI=1S/C18H21N3O3S.ClH/c22-18(14-6-5-11-19-13-14)20-16-9-4-10-17(12-16)25(23,24)21-15-7-2-1-3-8-15;/h1-4,7-10,12,14,19,21H,5-6,11,13H2,(H,20,22);1H. The van der Waals surface area contributed by atoms with Crippen molar-refractivity contribution in [2.45, 2.75) is 17.7 Å². The summed E-state index contributed by atoms with van der Waals surface area (Å²) in [6.45, 7) is 1.59. The topological polar surface area (TPSA) is 87.3 Å². The molecule has 1 aliphatic rings. The quantitative estimate of drug-likeness (QED) is 0.726. The van der Waals surface area contributed by atoms with Crippen LogP contribution >= 0.6 is 12.4 Å². The second-order valence-corrected chi connectivity index (χ2v) is 7.71. The summed E-state index contributed by atoms with van der Waals surface area (Å²) < 4.78 is 27.5. The van der Waals surface area contributed by atoms with Gasteiger partial charge in [0.1, 0.15) is 0 Å². The first-order valence-electron chi connectivity index (χ1n) is 8.24.